The number of aromatic nitrogens is 2. The topological polar surface area (TPSA) is 58.1 Å². The molecule has 98 valence electrons. The summed E-state index contributed by atoms with van der Waals surface area (Å²) < 4.78 is 0. The van der Waals surface area contributed by atoms with Crippen molar-refractivity contribution >= 4 is 34.9 Å². The van der Waals surface area contributed by atoms with Crippen LogP contribution in [0.2, 0.25) is 10.3 Å². The largest absolute Gasteiger partial charge is 0.357 e. The molecule has 1 N–H and O–H groups in total. The lowest BCUT2D eigenvalue weighted by Gasteiger charge is -2.35. The van der Waals surface area contributed by atoms with Gasteiger partial charge in [-0.2, -0.15) is 4.98 Å². The molecule has 2 rings (SSSR count). The smallest absolute Gasteiger partial charge is 0.242 e. The Morgan fingerprint density at radius 2 is 2.28 bits per heavy atom. The molecule has 1 aromatic rings. The first kappa shape index (κ1) is 13.4. The van der Waals surface area contributed by atoms with Crippen LogP contribution in [0, 0.1) is 0 Å². The van der Waals surface area contributed by atoms with Crippen LogP contribution in [0.3, 0.4) is 0 Å². The molecule has 0 radical (unpaired) electrons. The standard InChI is InChI=1S/C11H14Cl2N4O/c1-14-10(18)8-4-2-3-5-17(8)9-7(12)6-15-11(13)16-9/h6,8H,2-5H2,1H3,(H,14,18). The van der Waals surface area contributed by atoms with Crippen molar-refractivity contribution in [1.29, 1.82) is 0 Å². The number of halogens is 2. The third-order valence-electron chi connectivity index (χ3n) is 3.02. The molecule has 1 fully saturated rings. The molecule has 18 heavy (non-hydrogen) atoms. The maximum atomic E-state index is 11.9. The van der Waals surface area contributed by atoms with Crippen molar-refractivity contribution < 1.29 is 4.79 Å². The van der Waals surface area contributed by atoms with Crippen molar-refractivity contribution in [2.24, 2.45) is 0 Å². The van der Waals surface area contributed by atoms with Gasteiger partial charge in [0, 0.05) is 13.6 Å². The Kier molecular flexibility index (Phi) is 4.24. The summed E-state index contributed by atoms with van der Waals surface area (Å²) >= 11 is 11.9. The molecule has 0 aliphatic carbocycles. The maximum absolute atomic E-state index is 11.9. The second kappa shape index (κ2) is 5.71. The van der Waals surface area contributed by atoms with Crippen LogP contribution < -0.4 is 10.2 Å². The van der Waals surface area contributed by atoms with E-state index in [2.05, 4.69) is 15.3 Å². The Bertz CT molecular complexity index is 455. The van der Waals surface area contributed by atoms with Crippen molar-refractivity contribution in [3.05, 3.63) is 16.5 Å². The average molecular weight is 289 g/mol. The van der Waals surface area contributed by atoms with E-state index in [-0.39, 0.29) is 17.2 Å². The van der Waals surface area contributed by atoms with Crippen LogP contribution in [0.4, 0.5) is 5.82 Å². The van der Waals surface area contributed by atoms with E-state index >= 15 is 0 Å². The predicted molar refractivity (Wildman–Crippen MR) is 71.1 cm³/mol. The molecule has 1 amide bonds. The third kappa shape index (κ3) is 2.67. The van der Waals surface area contributed by atoms with E-state index in [1.807, 2.05) is 4.90 Å². The lowest BCUT2D eigenvalue weighted by atomic mass is 10.0. The van der Waals surface area contributed by atoms with Gasteiger partial charge in [-0.1, -0.05) is 11.6 Å². The van der Waals surface area contributed by atoms with Crippen molar-refractivity contribution in [2.45, 2.75) is 25.3 Å². The molecule has 5 nitrogen and oxygen atoms in total. The van der Waals surface area contributed by atoms with E-state index in [9.17, 15) is 4.79 Å². The molecule has 2 heterocycles. The minimum atomic E-state index is -0.243. The highest BCUT2D eigenvalue weighted by molar-refractivity contribution is 6.33. The molecular formula is C11H14Cl2N4O. The van der Waals surface area contributed by atoms with Crippen LogP contribution in [0.1, 0.15) is 19.3 Å². The number of anilines is 1. The minimum absolute atomic E-state index is 0.0273. The maximum Gasteiger partial charge on any atom is 0.242 e. The Labute approximate surface area is 115 Å². The van der Waals surface area contributed by atoms with Crippen molar-refractivity contribution in [3.63, 3.8) is 0 Å². The molecule has 1 aromatic heterocycles. The molecule has 1 unspecified atom stereocenters. The molecule has 0 saturated carbocycles. The van der Waals surface area contributed by atoms with Crippen LogP contribution >= 0.6 is 23.2 Å². The second-order valence-electron chi connectivity index (χ2n) is 4.13. The number of carbonyl (C=O) groups excluding carboxylic acids is 1. The number of nitrogens with zero attached hydrogens (tertiary/aromatic N) is 3. The van der Waals surface area contributed by atoms with Gasteiger partial charge < -0.3 is 10.2 Å². The van der Waals surface area contributed by atoms with Crippen LogP contribution in [0.15, 0.2) is 6.20 Å². The Morgan fingerprint density at radius 1 is 1.50 bits per heavy atom. The van der Waals surface area contributed by atoms with E-state index in [0.29, 0.717) is 10.8 Å². The van der Waals surface area contributed by atoms with E-state index in [1.165, 1.54) is 6.20 Å². The van der Waals surface area contributed by atoms with E-state index in [1.54, 1.807) is 7.05 Å². The van der Waals surface area contributed by atoms with Gasteiger partial charge in [-0.25, -0.2) is 4.98 Å². The molecule has 0 spiro atoms. The highest BCUT2D eigenvalue weighted by atomic mass is 35.5. The lowest BCUT2D eigenvalue weighted by Crippen LogP contribution is -2.49. The highest BCUT2D eigenvalue weighted by Gasteiger charge is 2.30. The summed E-state index contributed by atoms with van der Waals surface area (Å²) in [7, 11) is 1.63. The summed E-state index contributed by atoms with van der Waals surface area (Å²) in [5, 5.41) is 3.22. The van der Waals surface area contributed by atoms with Gasteiger partial charge in [-0.3, -0.25) is 4.79 Å². The van der Waals surface area contributed by atoms with E-state index in [0.717, 1.165) is 25.8 Å². The predicted octanol–water partition coefficient (Wildman–Crippen LogP) is 1.89. The summed E-state index contributed by atoms with van der Waals surface area (Å²) in [6.07, 6.45) is 4.27. The Morgan fingerprint density at radius 3 is 3.00 bits per heavy atom. The number of hydrogen-bond donors (Lipinski definition) is 1. The van der Waals surface area contributed by atoms with Gasteiger partial charge in [0.1, 0.15) is 11.1 Å². The zero-order valence-corrected chi connectivity index (χ0v) is 11.5. The summed E-state index contributed by atoms with van der Waals surface area (Å²) in [5.41, 5.74) is 0. The van der Waals surface area contributed by atoms with Crippen LogP contribution in [0.5, 0.6) is 0 Å². The SMILES string of the molecule is CNC(=O)C1CCCCN1c1nc(Cl)ncc1Cl. The summed E-state index contributed by atoms with van der Waals surface area (Å²) in [6, 6.07) is -0.243. The van der Waals surface area contributed by atoms with Crippen molar-refractivity contribution in [2.75, 3.05) is 18.5 Å². The summed E-state index contributed by atoms with van der Waals surface area (Å²) in [5.74, 6) is 0.505. The molecule has 0 aromatic carbocycles. The third-order valence-corrected chi connectivity index (χ3v) is 3.47. The van der Waals surface area contributed by atoms with Crippen molar-refractivity contribution in [3.8, 4) is 0 Å². The number of likely N-dealkylation sites (N-methyl/N-ethyl adjacent to an activating group) is 1. The zero-order valence-electron chi connectivity index (χ0n) is 9.99. The van der Waals surface area contributed by atoms with E-state index < -0.39 is 0 Å². The Hall–Kier alpha value is -1.07. The fourth-order valence-electron chi connectivity index (χ4n) is 2.16. The second-order valence-corrected chi connectivity index (χ2v) is 4.88. The van der Waals surface area contributed by atoms with Gasteiger partial charge >= 0.3 is 0 Å². The van der Waals surface area contributed by atoms with Crippen LogP contribution in [-0.4, -0.2) is 35.5 Å². The summed E-state index contributed by atoms with van der Waals surface area (Å²) in [6.45, 7) is 0.741. The fourth-order valence-corrected chi connectivity index (χ4v) is 2.49. The quantitative estimate of drug-likeness (QED) is 0.845. The average Bonchev–Trinajstić information content (AvgIpc) is 2.40. The molecular weight excluding hydrogens is 275 g/mol. The van der Waals surface area contributed by atoms with Gasteiger partial charge in [0.05, 0.1) is 6.20 Å². The fraction of sp³-hybridized carbons (Fsp3) is 0.545. The van der Waals surface area contributed by atoms with Crippen LogP contribution in [0.25, 0.3) is 0 Å². The number of nitrogens with one attached hydrogen (secondary N) is 1. The van der Waals surface area contributed by atoms with Gasteiger partial charge in [-0.05, 0) is 30.9 Å². The van der Waals surface area contributed by atoms with Crippen molar-refractivity contribution in [1.82, 2.24) is 15.3 Å². The first-order valence-electron chi connectivity index (χ1n) is 5.79. The van der Waals surface area contributed by atoms with Gasteiger partial charge in [0.25, 0.3) is 0 Å². The first-order chi connectivity index (χ1) is 8.63. The van der Waals surface area contributed by atoms with Crippen LogP contribution in [-0.2, 0) is 4.79 Å². The number of amides is 1. The highest BCUT2D eigenvalue weighted by Crippen LogP contribution is 2.29. The summed E-state index contributed by atoms with van der Waals surface area (Å²) in [4.78, 5) is 21.7. The number of carbonyl (C=O) groups is 1. The molecule has 1 atom stereocenters. The monoisotopic (exact) mass is 288 g/mol. The first-order valence-corrected chi connectivity index (χ1v) is 6.55. The number of hydrogen-bond acceptors (Lipinski definition) is 4. The Balaban J connectivity index is 2.33. The number of piperidine rings is 1. The van der Waals surface area contributed by atoms with Gasteiger partial charge in [0.2, 0.25) is 11.2 Å². The van der Waals surface area contributed by atoms with Gasteiger partial charge in [-0.15, -0.1) is 0 Å². The van der Waals surface area contributed by atoms with E-state index in [4.69, 9.17) is 23.2 Å². The molecule has 1 aliphatic rings. The lowest BCUT2D eigenvalue weighted by molar-refractivity contribution is -0.122. The normalized spacial score (nSPS) is 19.7. The zero-order chi connectivity index (χ0) is 13.1. The minimum Gasteiger partial charge on any atom is -0.357 e. The molecule has 1 saturated heterocycles. The molecule has 1 aliphatic heterocycles. The molecule has 7 heteroatoms. The number of rotatable bonds is 2. The van der Waals surface area contributed by atoms with Gasteiger partial charge in [0.15, 0.2) is 5.82 Å². The molecule has 0 bridgehead atoms.